The molecular weight excluding hydrogens is 272 g/mol. The van der Waals surface area contributed by atoms with Crippen molar-refractivity contribution in [1.82, 2.24) is 4.31 Å². The van der Waals surface area contributed by atoms with Gasteiger partial charge >= 0.3 is 0 Å². The first kappa shape index (κ1) is 15.5. The first-order chi connectivity index (χ1) is 9.36. The Morgan fingerprint density at radius 2 is 2.10 bits per heavy atom. The summed E-state index contributed by atoms with van der Waals surface area (Å²) in [6.45, 7) is 7.76. The first-order valence-corrected chi connectivity index (χ1v) is 8.60. The summed E-state index contributed by atoms with van der Waals surface area (Å²) < 4.78 is 27.2. The van der Waals surface area contributed by atoms with Crippen LogP contribution in [0.2, 0.25) is 0 Å². The third kappa shape index (κ3) is 2.90. The number of nitrogens with zero attached hydrogens (tertiary/aromatic N) is 1. The Morgan fingerprint density at radius 3 is 2.65 bits per heavy atom. The van der Waals surface area contributed by atoms with Gasteiger partial charge in [-0.05, 0) is 42.4 Å². The van der Waals surface area contributed by atoms with Crippen LogP contribution >= 0.6 is 0 Å². The minimum absolute atomic E-state index is 0.359. The van der Waals surface area contributed by atoms with Gasteiger partial charge in [0.05, 0.1) is 4.90 Å². The SMILES string of the molecule is Cc1ccc(CN)cc1S(=O)(=O)N1CCC(C(C)C)C1. The molecule has 1 aliphatic heterocycles. The minimum atomic E-state index is -3.39. The Hall–Kier alpha value is -0.910. The zero-order chi connectivity index (χ0) is 14.9. The van der Waals surface area contributed by atoms with E-state index in [1.807, 2.05) is 19.1 Å². The van der Waals surface area contributed by atoms with E-state index in [1.54, 1.807) is 10.4 Å². The molecule has 5 heteroatoms. The summed E-state index contributed by atoms with van der Waals surface area (Å²) in [5, 5.41) is 0. The Morgan fingerprint density at radius 1 is 1.40 bits per heavy atom. The highest BCUT2D eigenvalue weighted by Crippen LogP contribution is 2.30. The molecule has 2 rings (SSSR count). The molecule has 1 aromatic rings. The molecule has 0 aliphatic carbocycles. The zero-order valence-corrected chi connectivity index (χ0v) is 13.3. The summed E-state index contributed by atoms with van der Waals surface area (Å²) in [4.78, 5) is 0.407. The summed E-state index contributed by atoms with van der Waals surface area (Å²) in [7, 11) is -3.39. The monoisotopic (exact) mass is 296 g/mol. The maximum atomic E-state index is 12.8. The van der Waals surface area contributed by atoms with Crippen molar-refractivity contribution in [1.29, 1.82) is 0 Å². The maximum absolute atomic E-state index is 12.8. The lowest BCUT2D eigenvalue weighted by atomic mass is 9.96. The highest BCUT2D eigenvalue weighted by Gasteiger charge is 2.34. The molecule has 1 aromatic carbocycles. The molecule has 0 radical (unpaired) electrons. The quantitative estimate of drug-likeness (QED) is 0.925. The third-order valence-corrected chi connectivity index (χ3v) is 6.24. The molecule has 0 bridgehead atoms. The minimum Gasteiger partial charge on any atom is -0.326 e. The van der Waals surface area contributed by atoms with Gasteiger partial charge in [-0.1, -0.05) is 26.0 Å². The van der Waals surface area contributed by atoms with Crippen LogP contribution in [0.25, 0.3) is 0 Å². The van der Waals surface area contributed by atoms with Crippen molar-refractivity contribution >= 4 is 10.0 Å². The number of aryl methyl sites for hydroxylation is 1. The Balaban J connectivity index is 2.32. The van der Waals surface area contributed by atoms with E-state index in [2.05, 4.69) is 13.8 Å². The molecule has 2 N–H and O–H groups in total. The van der Waals surface area contributed by atoms with Gasteiger partial charge in [0.15, 0.2) is 0 Å². The molecule has 1 atom stereocenters. The molecule has 1 unspecified atom stereocenters. The molecule has 0 aromatic heterocycles. The van der Waals surface area contributed by atoms with Crippen LogP contribution in [-0.4, -0.2) is 25.8 Å². The fourth-order valence-electron chi connectivity index (χ4n) is 2.70. The van der Waals surface area contributed by atoms with Crippen molar-refractivity contribution in [3.8, 4) is 0 Å². The van der Waals surface area contributed by atoms with Gasteiger partial charge in [0.25, 0.3) is 0 Å². The fraction of sp³-hybridized carbons (Fsp3) is 0.600. The van der Waals surface area contributed by atoms with E-state index in [4.69, 9.17) is 5.73 Å². The van der Waals surface area contributed by atoms with E-state index < -0.39 is 10.0 Å². The van der Waals surface area contributed by atoms with Gasteiger partial charge in [0, 0.05) is 19.6 Å². The fourth-order valence-corrected chi connectivity index (χ4v) is 4.49. The average Bonchev–Trinajstić information content (AvgIpc) is 2.89. The molecule has 1 aliphatic rings. The van der Waals surface area contributed by atoms with Gasteiger partial charge in [-0.25, -0.2) is 8.42 Å². The predicted octanol–water partition coefficient (Wildman–Crippen LogP) is 2.12. The maximum Gasteiger partial charge on any atom is 0.243 e. The lowest BCUT2D eigenvalue weighted by molar-refractivity contribution is 0.388. The summed E-state index contributed by atoms with van der Waals surface area (Å²) >= 11 is 0. The number of hydrogen-bond acceptors (Lipinski definition) is 3. The third-order valence-electron chi connectivity index (χ3n) is 4.24. The van der Waals surface area contributed by atoms with Crippen LogP contribution in [0.5, 0.6) is 0 Å². The van der Waals surface area contributed by atoms with Crippen LogP contribution < -0.4 is 5.73 Å². The Kier molecular flexibility index (Phi) is 4.52. The lowest BCUT2D eigenvalue weighted by Gasteiger charge is -2.19. The molecule has 4 nitrogen and oxygen atoms in total. The van der Waals surface area contributed by atoms with Gasteiger partial charge < -0.3 is 5.73 Å². The normalized spacial score (nSPS) is 20.8. The van der Waals surface area contributed by atoms with Crippen LogP contribution in [0.3, 0.4) is 0 Å². The molecule has 20 heavy (non-hydrogen) atoms. The average molecular weight is 296 g/mol. The Bertz CT molecular complexity index is 582. The van der Waals surface area contributed by atoms with E-state index in [0.717, 1.165) is 17.5 Å². The second-order valence-electron chi connectivity index (χ2n) is 5.96. The Labute approximate surface area is 122 Å². The lowest BCUT2D eigenvalue weighted by Crippen LogP contribution is -2.30. The van der Waals surface area contributed by atoms with E-state index in [0.29, 0.717) is 36.4 Å². The predicted molar refractivity (Wildman–Crippen MR) is 80.8 cm³/mol. The van der Waals surface area contributed by atoms with Crippen molar-refractivity contribution in [2.45, 2.75) is 38.6 Å². The van der Waals surface area contributed by atoms with E-state index in [9.17, 15) is 8.42 Å². The molecule has 1 saturated heterocycles. The number of rotatable bonds is 4. The van der Waals surface area contributed by atoms with E-state index in [-0.39, 0.29) is 0 Å². The summed E-state index contributed by atoms with van der Waals surface area (Å²) in [5.74, 6) is 0.981. The number of hydrogen-bond donors (Lipinski definition) is 1. The van der Waals surface area contributed by atoms with Crippen molar-refractivity contribution in [2.75, 3.05) is 13.1 Å². The molecule has 0 saturated carbocycles. The van der Waals surface area contributed by atoms with Gasteiger partial charge in [-0.3, -0.25) is 0 Å². The molecule has 1 heterocycles. The van der Waals surface area contributed by atoms with E-state index >= 15 is 0 Å². The van der Waals surface area contributed by atoms with Crippen LogP contribution in [0.15, 0.2) is 23.1 Å². The van der Waals surface area contributed by atoms with Crippen molar-refractivity contribution in [3.63, 3.8) is 0 Å². The number of sulfonamides is 1. The highest BCUT2D eigenvalue weighted by atomic mass is 32.2. The largest absolute Gasteiger partial charge is 0.326 e. The zero-order valence-electron chi connectivity index (χ0n) is 12.5. The van der Waals surface area contributed by atoms with E-state index in [1.165, 1.54) is 0 Å². The van der Waals surface area contributed by atoms with Crippen molar-refractivity contribution in [3.05, 3.63) is 29.3 Å². The molecule has 0 spiro atoms. The van der Waals surface area contributed by atoms with Crippen molar-refractivity contribution in [2.24, 2.45) is 17.6 Å². The molecule has 0 amide bonds. The highest BCUT2D eigenvalue weighted by molar-refractivity contribution is 7.89. The number of benzene rings is 1. The van der Waals surface area contributed by atoms with Gasteiger partial charge in [0.2, 0.25) is 10.0 Å². The summed E-state index contributed by atoms with van der Waals surface area (Å²) in [6.07, 6.45) is 0.951. The summed E-state index contributed by atoms with van der Waals surface area (Å²) in [6, 6.07) is 5.44. The summed E-state index contributed by atoms with van der Waals surface area (Å²) in [5.41, 5.74) is 7.26. The second-order valence-corrected chi connectivity index (χ2v) is 7.87. The smallest absolute Gasteiger partial charge is 0.243 e. The number of nitrogens with two attached hydrogens (primary N) is 1. The second kappa shape index (κ2) is 5.84. The van der Waals surface area contributed by atoms with Crippen LogP contribution in [0, 0.1) is 18.8 Å². The molecule has 112 valence electrons. The van der Waals surface area contributed by atoms with Gasteiger partial charge in [0.1, 0.15) is 0 Å². The van der Waals surface area contributed by atoms with Crippen LogP contribution in [-0.2, 0) is 16.6 Å². The van der Waals surface area contributed by atoms with Crippen LogP contribution in [0.1, 0.15) is 31.4 Å². The topological polar surface area (TPSA) is 63.4 Å². The molecule has 1 fully saturated rings. The first-order valence-electron chi connectivity index (χ1n) is 7.16. The van der Waals surface area contributed by atoms with Crippen molar-refractivity contribution < 1.29 is 8.42 Å². The van der Waals surface area contributed by atoms with Crippen LogP contribution in [0.4, 0.5) is 0 Å². The standard InChI is InChI=1S/C15H24N2O2S/c1-11(2)14-6-7-17(10-14)20(18,19)15-8-13(9-16)5-4-12(15)3/h4-5,8,11,14H,6-7,9-10,16H2,1-3H3. The molecular formula is C15H24N2O2S. The van der Waals surface area contributed by atoms with Gasteiger partial charge in [-0.2, -0.15) is 4.31 Å². The van der Waals surface area contributed by atoms with Gasteiger partial charge in [-0.15, -0.1) is 0 Å².